The fourth-order valence-electron chi connectivity index (χ4n) is 3.12. The second kappa shape index (κ2) is 7.41. The Morgan fingerprint density at radius 3 is 2.41 bits per heavy atom. The number of fused-ring (bicyclic) bond motifs is 1. The highest BCUT2D eigenvalue weighted by atomic mass is 16.5. The molecule has 0 saturated carbocycles. The predicted molar refractivity (Wildman–Crippen MR) is 106 cm³/mol. The summed E-state index contributed by atoms with van der Waals surface area (Å²) in [6, 6.07) is 21.8. The van der Waals surface area contributed by atoms with Crippen LogP contribution >= 0.6 is 0 Å². The molecule has 3 aromatic carbocycles. The third-order valence-electron chi connectivity index (χ3n) is 4.49. The minimum absolute atomic E-state index is 0.611. The van der Waals surface area contributed by atoms with Crippen LogP contribution in [0, 0.1) is 0 Å². The van der Waals surface area contributed by atoms with Crippen molar-refractivity contribution in [3.63, 3.8) is 0 Å². The van der Waals surface area contributed by atoms with E-state index in [9.17, 15) is 0 Å². The van der Waals surface area contributed by atoms with Gasteiger partial charge in [0.15, 0.2) is 5.58 Å². The number of nitrogens with one attached hydrogen (secondary N) is 1. The molecule has 4 rings (SSSR count). The first kappa shape index (κ1) is 17.0. The van der Waals surface area contributed by atoms with Gasteiger partial charge in [-0.25, -0.2) is 0 Å². The summed E-state index contributed by atoms with van der Waals surface area (Å²) in [4.78, 5) is 0. The van der Waals surface area contributed by atoms with Crippen LogP contribution in [-0.2, 0) is 6.54 Å². The van der Waals surface area contributed by atoms with Crippen LogP contribution in [0.1, 0.15) is 5.56 Å². The molecule has 0 fully saturated rings. The quantitative estimate of drug-likeness (QED) is 0.517. The Bertz CT molecular complexity index is 1060. The molecule has 27 heavy (non-hydrogen) atoms. The Hall–Kier alpha value is -3.47. The highest BCUT2D eigenvalue weighted by molar-refractivity contribution is 5.93. The van der Waals surface area contributed by atoms with E-state index in [1.807, 2.05) is 66.7 Å². The molecule has 0 spiro atoms. The molecule has 0 saturated heterocycles. The Labute approximate surface area is 157 Å². The maximum atomic E-state index is 5.60. The van der Waals surface area contributed by atoms with Crippen molar-refractivity contribution in [1.82, 2.24) is 5.16 Å². The summed E-state index contributed by atoms with van der Waals surface area (Å²) in [6.45, 7) is 0.611. The largest absolute Gasteiger partial charge is 0.496 e. The molecule has 0 amide bonds. The molecule has 0 bridgehead atoms. The Kier molecular flexibility index (Phi) is 4.66. The molecule has 1 N–H and O–H groups in total. The zero-order valence-corrected chi connectivity index (χ0v) is 15.2. The summed E-state index contributed by atoms with van der Waals surface area (Å²) in [6.07, 6.45) is 0. The van der Waals surface area contributed by atoms with Gasteiger partial charge in [0.1, 0.15) is 17.2 Å². The first-order valence-electron chi connectivity index (χ1n) is 8.68. The number of ether oxygens (including phenoxy) is 2. The predicted octanol–water partition coefficient (Wildman–Crippen LogP) is 5.12. The number of nitrogens with zero attached hydrogens (tertiary/aromatic N) is 1. The zero-order valence-electron chi connectivity index (χ0n) is 15.2. The lowest BCUT2D eigenvalue weighted by Gasteiger charge is -2.15. The number of para-hydroxylation sites is 2. The van der Waals surface area contributed by atoms with Gasteiger partial charge in [-0.1, -0.05) is 35.5 Å². The number of rotatable bonds is 6. The third-order valence-corrected chi connectivity index (χ3v) is 4.49. The van der Waals surface area contributed by atoms with E-state index in [2.05, 4.69) is 10.5 Å². The van der Waals surface area contributed by atoms with Crippen molar-refractivity contribution >= 4 is 16.7 Å². The van der Waals surface area contributed by atoms with Gasteiger partial charge in [0.2, 0.25) is 0 Å². The van der Waals surface area contributed by atoms with Gasteiger partial charge in [0.05, 0.1) is 14.2 Å². The molecule has 5 heteroatoms. The molecule has 5 nitrogen and oxygen atoms in total. The summed E-state index contributed by atoms with van der Waals surface area (Å²) >= 11 is 0. The number of hydrogen-bond donors (Lipinski definition) is 1. The standard InChI is InChI=1S/C22H20N2O3/c1-25-20-13-21(26-2)18(22-17-10-6-7-11-19(17)27-24-22)12-15(20)14-23-16-8-4-3-5-9-16/h3-13,23H,14H2,1-2H3. The molecule has 0 radical (unpaired) electrons. The lowest BCUT2D eigenvalue weighted by molar-refractivity contribution is 0.392. The molecule has 1 aromatic heterocycles. The van der Waals surface area contributed by atoms with E-state index in [0.29, 0.717) is 12.3 Å². The van der Waals surface area contributed by atoms with Gasteiger partial charge >= 0.3 is 0 Å². The molecule has 4 aromatic rings. The zero-order chi connectivity index (χ0) is 18.6. The maximum absolute atomic E-state index is 5.60. The summed E-state index contributed by atoms with van der Waals surface area (Å²) in [5.74, 6) is 1.45. The summed E-state index contributed by atoms with van der Waals surface area (Å²) in [7, 11) is 3.30. The number of hydrogen-bond acceptors (Lipinski definition) is 5. The van der Waals surface area contributed by atoms with E-state index in [1.165, 1.54) is 0 Å². The molecule has 0 aliphatic rings. The molecular weight excluding hydrogens is 340 g/mol. The minimum Gasteiger partial charge on any atom is -0.496 e. The van der Waals surface area contributed by atoms with Gasteiger partial charge in [-0.05, 0) is 30.3 Å². The van der Waals surface area contributed by atoms with Crippen molar-refractivity contribution in [2.45, 2.75) is 6.54 Å². The molecule has 0 aliphatic heterocycles. The van der Waals surface area contributed by atoms with E-state index < -0.39 is 0 Å². The lowest BCUT2D eigenvalue weighted by Crippen LogP contribution is -2.03. The Morgan fingerprint density at radius 2 is 1.63 bits per heavy atom. The van der Waals surface area contributed by atoms with Crippen molar-refractivity contribution in [2.75, 3.05) is 19.5 Å². The normalized spacial score (nSPS) is 10.7. The second-order valence-corrected chi connectivity index (χ2v) is 6.11. The van der Waals surface area contributed by atoms with Crippen LogP contribution in [-0.4, -0.2) is 19.4 Å². The van der Waals surface area contributed by atoms with Crippen LogP contribution in [0.15, 0.2) is 71.3 Å². The van der Waals surface area contributed by atoms with Crippen molar-refractivity contribution in [1.29, 1.82) is 0 Å². The number of methoxy groups -OCH3 is 2. The minimum atomic E-state index is 0.611. The van der Waals surface area contributed by atoms with Gasteiger partial charge < -0.3 is 19.3 Å². The summed E-state index contributed by atoms with van der Waals surface area (Å²) < 4.78 is 16.6. The molecule has 0 aliphatic carbocycles. The highest BCUT2D eigenvalue weighted by Crippen LogP contribution is 2.38. The molecule has 136 valence electrons. The van der Waals surface area contributed by atoms with Crippen molar-refractivity contribution < 1.29 is 14.0 Å². The highest BCUT2D eigenvalue weighted by Gasteiger charge is 2.18. The van der Waals surface area contributed by atoms with E-state index in [4.69, 9.17) is 14.0 Å². The fraction of sp³-hybridized carbons (Fsp3) is 0.136. The number of anilines is 1. The van der Waals surface area contributed by atoms with Gasteiger partial charge in [-0.3, -0.25) is 0 Å². The van der Waals surface area contributed by atoms with Gasteiger partial charge in [-0.2, -0.15) is 0 Å². The molecular formula is C22H20N2O3. The van der Waals surface area contributed by atoms with Crippen molar-refractivity contribution in [2.24, 2.45) is 0 Å². The molecule has 0 unspecified atom stereocenters. The average Bonchev–Trinajstić information content (AvgIpc) is 3.16. The van der Waals surface area contributed by atoms with Crippen LogP contribution < -0.4 is 14.8 Å². The van der Waals surface area contributed by atoms with E-state index >= 15 is 0 Å². The first-order chi connectivity index (χ1) is 13.3. The van der Waals surface area contributed by atoms with Gasteiger partial charge in [0, 0.05) is 34.8 Å². The van der Waals surface area contributed by atoms with Crippen LogP contribution in [0.25, 0.3) is 22.2 Å². The van der Waals surface area contributed by atoms with E-state index in [0.717, 1.165) is 39.2 Å². The molecule has 0 atom stereocenters. The molecule has 1 heterocycles. The fourth-order valence-corrected chi connectivity index (χ4v) is 3.12. The summed E-state index contributed by atoms with van der Waals surface area (Å²) in [5.41, 5.74) is 4.42. The third kappa shape index (κ3) is 3.31. The number of aromatic nitrogens is 1. The SMILES string of the molecule is COc1cc(OC)c(-c2noc3ccccc23)cc1CNc1ccccc1. The second-order valence-electron chi connectivity index (χ2n) is 6.11. The Morgan fingerprint density at radius 1 is 0.889 bits per heavy atom. The average molecular weight is 360 g/mol. The van der Waals surface area contributed by atoms with Crippen molar-refractivity contribution in [3.8, 4) is 22.8 Å². The van der Waals surface area contributed by atoms with Crippen LogP contribution in [0.5, 0.6) is 11.5 Å². The smallest absolute Gasteiger partial charge is 0.167 e. The number of benzene rings is 3. The van der Waals surface area contributed by atoms with Crippen molar-refractivity contribution in [3.05, 3.63) is 72.3 Å². The van der Waals surface area contributed by atoms with Crippen LogP contribution in [0.2, 0.25) is 0 Å². The summed E-state index contributed by atoms with van der Waals surface area (Å²) in [5, 5.41) is 8.64. The van der Waals surface area contributed by atoms with E-state index in [-0.39, 0.29) is 0 Å². The van der Waals surface area contributed by atoms with Gasteiger partial charge in [0.25, 0.3) is 0 Å². The van der Waals surface area contributed by atoms with Gasteiger partial charge in [-0.15, -0.1) is 0 Å². The van der Waals surface area contributed by atoms with Crippen LogP contribution in [0.4, 0.5) is 5.69 Å². The topological polar surface area (TPSA) is 56.5 Å². The Balaban J connectivity index is 1.77. The maximum Gasteiger partial charge on any atom is 0.167 e. The first-order valence-corrected chi connectivity index (χ1v) is 8.68. The lowest BCUT2D eigenvalue weighted by atomic mass is 10.0. The van der Waals surface area contributed by atoms with E-state index in [1.54, 1.807) is 14.2 Å². The monoisotopic (exact) mass is 360 g/mol. The van der Waals surface area contributed by atoms with Crippen LogP contribution in [0.3, 0.4) is 0 Å².